The van der Waals surface area contributed by atoms with Crippen LogP contribution in [0.1, 0.15) is 70.5 Å². The average Bonchev–Trinajstić information content (AvgIpc) is 2.36. The van der Waals surface area contributed by atoms with E-state index >= 15 is 0 Å². The number of nitrogens with one attached hydrogen (secondary N) is 1. The predicted octanol–water partition coefficient (Wildman–Crippen LogP) is 4.41. The van der Waals surface area contributed by atoms with Crippen molar-refractivity contribution in [3.8, 4) is 5.75 Å². The molecule has 0 fully saturated rings. The first-order chi connectivity index (χ1) is 9.02. The second-order valence-corrected chi connectivity index (χ2v) is 6.11. The van der Waals surface area contributed by atoms with Crippen molar-refractivity contribution in [3.05, 3.63) is 29.3 Å². The number of benzene rings is 1. The lowest BCUT2D eigenvalue weighted by molar-refractivity contribution is 0.161. The minimum absolute atomic E-state index is 0.286. The van der Waals surface area contributed by atoms with Gasteiger partial charge in [-0.25, -0.2) is 0 Å². The molecule has 1 N–H and O–H groups in total. The van der Waals surface area contributed by atoms with Crippen molar-refractivity contribution in [2.24, 2.45) is 0 Å². The summed E-state index contributed by atoms with van der Waals surface area (Å²) in [6.45, 7) is 11.1. The highest BCUT2D eigenvalue weighted by Crippen LogP contribution is 2.40. The SMILES string of the molecule is CCC(C)c1cccc2c1OC(C)CC2NC(C)C. The van der Waals surface area contributed by atoms with Gasteiger partial charge in [-0.2, -0.15) is 0 Å². The summed E-state index contributed by atoms with van der Waals surface area (Å²) >= 11 is 0. The number of hydrogen-bond acceptors (Lipinski definition) is 2. The summed E-state index contributed by atoms with van der Waals surface area (Å²) in [7, 11) is 0. The summed E-state index contributed by atoms with van der Waals surface area (Å²) in [6.07, 6.45) is 2.49. The third-order valence-electron chi connectivity index (χ3n) is 4.02. The van der Waals surface area contributed by atoms with Crippen molar-refractivity contribution in [3.63, 3.8) is 0 Å². The van der Waals surface area contributed by atoms with Crippen molar-refractivity contribution in [1.82, 2.24) is 5.32 Å². The molecule has 0 aliphatic carbocycles. The Hall–Kier alpha value is -1.02. The minimum Gasteiger partial charge on any atom is -0.490 e. The van der Waals surface area contributed by atoms with E-state index < -0.39 is 0 Å². The van der Waals surface area contributed by atoms with Crippen LogP contribution in [0.15, 0.2) is 18.2 Å². The third kappa shape index (κ3) is 3.11. The molecular weight excluding hydrogens is 234 g/mol. The van der Waals surface area contributed by atoms with E-state index in [-0.39, 0.29) is 6.10 Å². The van der Waals surface area contributed by atoms with Gasteiger partial charge in [-0.1, -0.05) is 45.9 Å². The van der Waals surface area contributed by atoms with Crippen LogP contribution in [0.4, 0.5) is 0 Å². The topological polar surface area (TPSA) is 21.3 Å². The van der Waals surface area contributed by atoms with Gasteiger partial charge in [0.2, 0.25) is 0 Å². The smallest absolute Gasteiger partial charge is 0.127 e. The Bertz CT molecular complexity index is 427. The van der Waals surface area contributed by atoms with Crippen LogP contribution in [-0.2, 0) is 0 Å². The lowest BCUT2D eigenvalue weighted by Gasteiger charge is -2.34. The number of fused-ring (bicyclic) bond motifs is 1. The molecule has 0 bridgehead atoms. The molecule has 2 nitrogen and oxygen atoms in total. The Balaban J connectivity index is 2.39. The molecular formula is C17H27NO. The molecule has 0 radical (unpaired) electrons. The highest BCUT2D eigenvalue weighted by atomic mass is 16.5. The number of ether oxygens (including phenoxy) is 1. The summed E-state index contributed by atoms with van der Waals surface area (Å²) in [5.41, 5.74) is 2.70. The highest BCUT2D eigenvalue weighted by molar-refractivity contribution is 5.46. The quantitative estimate of drug-likeness (QED) is 0.866. The predicted molar refractivity (Wildman–Crippen MR) is 80.9 cm³/mol. The van der Waals surface area contributed by atoms with Gasteiger partial charge in [-0.3, -0.25) is 0 Å². The van der Waals surface area contributed by atoms with Crippen LogP contribution in [0.5, 0.6) is 5.75 Å². The molecule has 0 aromatic heterocycles. The van der Waals surface area contributed by atoms with Gasteiger partial charge in [0.1, 0.15) is 5.75 Å². The largest absolute Gasteiger partial charge is 0.490 e. The zero-order valence-electron chi connectivity index (χ0n) is 12.9. The molecule has 1 aliphatic rings. The van der Waals surface area contributed by atoms with Crippen LogP contribution in [0, 0.1) is 0 Å². The molecule has 0 spiro atoms. The molecule has 106 valence electrons. The second kappa shape index (κ2) is 5.96. The van der Waals surface area contributed by atoms with Crippen LogP contribution in [0.25, 0.3) is 0 Å². The van der Waals surface area contributed by atoms with Crippen molar-refractivity contribution >= 4 is 0 Å². The normalized spacial score (nSPS) is 23.9. The van der Waals surface area contributed by atoms with E-state index in [1.165, 1.54) is 11.1 Å². The average molecular weight is 261 g/mol. The van der Waals surface area contributed by atoms with Crippen LogP contribution in [-0.4, -0.2) is 12.1 Å². The van der Waals surface area contributed by atoms with Gasteiger partial charge < -0.3 is 10.1 Å². The Morgan fingerprint density at radius 2 is 2.05 bits per heavy atom. The Morgan fingerprint density at radius 1 is 1.32 bits per heavy atom. The van der Waals surface area contributed by atoms with Gasteiger partial charge in [0, 0.05) is 24.1 Å². The van der Waals surface area contributed by atoms with E-state index in [9.17, 15) is 0 Å². The maximum atomic E-state index is 6.16. The van der Waals surface area contributed by atoms with E-state index in [2.05, 4.69) is 58.1 Å². The Labute approximate surface area is 117 Å². The van der Waals surface area contributed by atoms with Crippen molar-refractivity contribution < 1.29 is 4.74 Å². The van der Waals surface area contributed by atoms with E-state index in [0.717, 1.165) is 18.6 Å². The molecule has 19 heavy (non-hydrogen) atoms. The third-order valence-corrected chi connectivity index (χ3v) is 4.02. The molecule has 1 aromatic carbocycles. The van der Waals surface area contributed by atoms with Crippen LogP contribution >= 0.6 is 0 Å². The first-order valence-electron chi connectivity index (χ1n) is 7.58. The van der Waals surface area contributed by atoms with Gasteiger partial charge in [-0.05, 0) is 24.8 Å². The zero-order chi connectivity index (χ0) is 14.0. The molecule has 1 aromatic rings. The van der Waals surface area contributed by atoms with E-state index in [1.54, 1.807) is 0 Å². The maximum Gasteiger partial charge on any atom is 0.127 e. The van der Waals surface area contributed by atoms with E-state index in [0.29, 0.717) is 18.0 Å². The summed E-state index contributed by atoms with van der Waals surface area (Å²) in [5.74, 6) is 1.69. The first-order valence-corrected chi connectivity index (χ1v) is 7.58. The molecule has 2 rings (SSSR count). The van der Waals surface area contributed by atoms with E-state index in [1.807, 2.05) is 0 Å². The minimum atomic E-state index is 0.286. The molecule has 3 unspecified atom stereocenters. The Kier molecular flexibility index (Phi) is 4.51. The molecule has 0 saturated carbocycles. The summed E-state index contributed by atoms with van der Waals surface area (Å²) < 4.78 is 6.16. The molecule has 0 amide bonds. The van der Waals surface area contributed by atoms with Gasteiger partial charge >= 0.3 is 0 Å². The zero-order valence-corrected chi connectivity index (χ0v) is 12.9. The molecule has 3 atom stereocenters. The lowest BCUT2D eigenvalue weighted by Crippen LogP contribution is -2.35. The first kappa shape index (κ1) is 14.4. The molecule has 1 heterocycles. The van der Waals surface area contributed by atoms with Crippen molar-refractivity contribution in [2.45, 2.75) is 71.6 Å². The fraction of sp³-hybridized carbons (Fsp3) is 0.647. The fourth-order valence-electron chi connectivity index (χ4n) is 2.86. The van der Waals surface area contributed by atoms with Gasteiger partial charge in [0.15, 0.2) is 0 Å². The van der Waals surface area contributed by atoms with Gasteiger partial charge in [-0.15, -0.1) is 0 Å². The van der Waals surface area contributed by atoms with Crippen LogP contribution in [0.2, 0.25) is 0 Å². The fourth-order valence-corrected chi connectivity index (χ4v) is 2.86. The van der Waals surface area contributed by atoms with Gasteiger partial charge in [0.25, 0.3) is 0 Å². The molecule has 2 heteroatoms. The monoisotopic (exact) mass is 261 g/mol. The van der Waals surface area contributed by atoms with Crippen molar-refractivity contribution in [2.75, 3.05) is 0 Å². The Morgan fingerprint density at radius 3 is 2.68 bits per heavy atom. The number of para-hydroxylation sites is 1. The van der Waals surface area contributed by atoms with Crippen LogP contribution in [0.3, 0.4) is 0 Å². The van der Waals surface area contributed by atoms with Gasteiger partial charge in [0.05, 0.1) is 6.10 Å². The summed E-state index contributed by atoms with van der Waals surface area (Å²) in [5, 5.41) is 3.67. The number of hydrogen-bond donors (Lipinski definition) is 1. The summed E-state index contributed by atoms with van der Waals surface area (Å²) in [4.78, 5) is 0. The lowest BCUT2D eigenvalue weighted by atomic mass is 9.89. The molecule has 1 aliphatic heterocycles. The highest BCUT2D eigenvalue weighted by Gasteiger charge is 2.28. The van der Waals surface area contributed by atoms with Crippen molar-refractivity contribution in [1.29, 1.82) is 0 Å². The maximum absolute atomic E-state index is 6.16. The summed E-state index contributed by atoms with van der Waals surface area (Å²) in [6, 6.07) is 7.53. The molecule has 0 saturated heterocycles. The van der Waals surface area contributed by atoms with Crippen LogP contribution < -0.4 is 10.1 Å². The second-order valence-electron chi connectivity index (χ2n) is 6.11. The van der Waals surface area contributed by atoms with E-state index in [4.69, 9.17) is 4.74 Å². The number of rotatable bonds is 4. The standard InChI is InChI=1S/C17H27NO/c1-6-12(4)14-8-7-9-15-16(18-11(2)3)10-13(5)19-17(14)15/h7-9,11-13,16,18H,6,10H2,1-5H3.